The predicted octanol–water partition coefficient (Wildman–Crippen LogP) is 5.77. The van der Waals surface area contributed by atoms with E-state index >= 15 is 0 Å². The summed E-state index contributed by atoms with van der Waals surface area (Å²) in [4.78, 5) is 27.6. The smallest absolute Gasteiger partial charge is 0.270 e. The Hall–Kier alpha value is -5.46. The van der Waals surface area contributed by atoms with Crippen LogP contribution in [-0.4, -0.2) is 24.0 Å². The Morgan fingerprint density at radius 2 is 1.59 bits per heavy atom. The Kier molecular flexibility index (Phi) is 8.04. The third-order valence-electron chi connectivity index (χ3n) is 6.17. The van der Waals surface area contributed by atoms with Crippen LogP contribution in [0.1, 0.15) is 16.7 Å². The lowest BCUT2D eigenvalue weighted by Gasteiger charge is -2.29. The fraction of sp³-hybridized carbons (Fsp3) is 0.0625. The number of benzene rings is 4. The molecule has 2 amide bonds. The maximum Gasteiger partial charge on any atom is 0.270 e. The summed E-state index contributed by atoms with van der Waals surface area (Å²) in [5.41, 5.74) is 2.24. The maximum absolute atomic E-state index is 13.5. The molecule has 9 heteroatoms. The lowest BCUT2D eigenvalue weighted by Crippen LogP contribution is -2.54. The van der Waals surface area contributed by atoms with E-state index < -0.39 is 11.8 Å². The van der Waals surface area contributed by atoms with Gasteiger partial charge in [-0.3, -0.25) is 19.8 Å². The number of anilines is 1. The summed E-state index contributed by atoms with van der Waals surface area (Å²) >= 11 is 5.33. The topological polar surface area (TPSA) is 101 Å². The first-order valence-electron chi connectivity index (χ1n) is 12.5. The summed E-state index contributed by atoms with van der Waals surface area (Å²) < 4.78 is 17.2. The van der Waals surface area contributed by atoms with E-state index in [0.29, 0.717) is 45.4 Å². The second kappa shape index (κ2) is 12.2. The molecule has 0 aliphatic carbocycles. The minimum Gasteiger partial charge on any atom is -0.496 e. The van der Waals surface area contributed by atoms with Gasteiger partial charge in [-0.25, -0.2) is 0 Å². The fourth-order valence-corrected chi connectivity index (χ4v) is 4.42. The van der Waals surface area contributed by atoms with Crippen LogP contribution in [0.4, 0.5) is 5.69 Å². The standard InChI is InChI=1S/C32H23N3O5S/c1-38-29-16-9-22(17-23(29)20-39-25-12-7-21(19-33)8-13-25)18-28-30(36)34-32(41)35(31(28)37)24-10-14-27(15-11-24)40-26-5-3-2-4-6-26/h2-18H,20H2,1H3,(H,34,36,41). The van der Waals surface area contributed by atoms with Crippen LogP contribution in [0.25, 0.3) is 6.08 Å². The maximum atomic E-state index is 13.5. The van der Waals surface area contributed by atoms with Gasteiger partial charge >= 0.3 is 0 Å². The van der Waals surface area contributed by atoms with Crippen LogP contribution in [0.3, 0.4) is 0 Å². The summed E-state index contributed by atoms with van der Waals surface area (Å²) in [5.74, 6) is 1.29. The van der Waals surface area contributed by atoms with Gasteiger partial charge in [0.25, 0.3) is 11.8 Å². The molecule has 1 aliphatic rings. The summed E-state index contributed by atoms with van der Waals surface area (Å²) in [7, 11) is 1.55. The molecular formula is C32H23N3O5S. The number of nitrogens with one attached hydrogen (secondary N) is 1. The van der Waals surface area contributed by atoms with E-state index in [1.165, 1.54) is 11.0 Å². The molecule has 0 bridgehead atoms. The number of amides is 2. The van der Waals surface area contributed by atoms with Gasteiger partial charge in [0.05, 0.1) is 24.4 Å². The van der Waals surface area contributed by atoms with Crippen LogP contribution in [0.15, 0.2) is 103 Å². The first-order valence-corrected chi connectivity index (χ1v) is 12.9. The number of nitrogens with zero attached hydrogens (tertiary/aromatic N) is 2. The zero-order valence-electron chi connectivity index (χ0n) is 21.9. The number of methoxy groups -OCH3 is 1. The number of nitriles is 1. The van der Waals surface area contributed by atoms with Crippen molar-refractivity contribution in [2.24, 2.45) is 0 Å². The summed E-state index contributed by atoms with van der Waals surface area (Å²) in [6.45, 7) is 0.167. The van der Waals surface area contributed by atoms with Crippen molar-refractivity contribution in [3.8, 4) is 29.1 Å². The average molecular weight is 562 g/mol. The molecule has 1 N–H and O–H groups in total. The van der Waals surface area contributed by atoms with Gasteiger partial charge < -0.3 is 14.2 Å². The molecule has 0 radical (unpaired) electrons. The van der Waals surface area contributed by atoms with Gasteiger partial charge in [-0.15, -0.1) is 0 Å². The number of hydrogen-bond donors (Lipinski definition) is 1. The fourth-order valence-electron chi connectivity index (χ4n) is 4.13. The largest absolute Gasteiger partial charge is 0.496 e. The number of carbonyl (C=O) groups is 2. The van der Waals surface area contributed by atoms with Gasteiger partial charge in [0.15, 0.2) is 5.11 Å². The number of thiocarbonyl (C=S) groups is 1. The van der Waals surface area contributed by atoms with E-state index in [1.54, 1.807) is 73.8 Å². The highest BCUT2D eigenvalue weighted by atomic mass is 32.1. The van der Waals surface area contributed by atoms with Gasteiger partial charge in [-0.05, 0) is 96.7 Å². The SMILES string of the molecule is COc1ccc(C=C2C(=O)NC(=S)N(c3ccc(Oc4ccccc4)cc3)C2=O)cc1COc1ccc(C#N)cc1. The second-order valence-corrected chi connectivity index (χ2v) is 9.25. The van der Waals surface area contributed by atoms with Crippen LogP contribution < -0.4 is 24.4 Å². The van der Waals surface area contributed by atoms with E-state index in [1.807, 2.05) is 30.3 Å². The molecular weight excluding hydrogens is 538 g/mol. The molecule has 1 aliphatic heterocycles. The van der Waals surface area contributed by atoms with Crippen molar-refractivity contribution in [1.82, 2.24) is 5.32 Å². The number of para-hydroxylation sites is 1. The molecule has 0 unspecified atom stereocenters. The molecule has 202 valence electrons. The molecule has 5 rings (SSSR count). The Labute approximate surface area is 242 Å². The molecule has 1 heterocycles. The van der Waals surface area contributed by atoms with Crippen molar-refractivity contribution in [3.63, 3.8) is 0 Å². The molecule has 0 aromatic heterocycles. The van der Waals surface area contributed by atoms with E-state index in [4.69, 9.17) is 31.7 Å². The highest BCUT2D eigenvalue weighted by Gasteiger charge is 2.34. The van der Waals surface area contributed by atoms with E-state index in [2.05, 4.69) is 11.4 Å². The van der Waals surface area contributed by atoms with Gasteiger partial charge in [-0.2, -0.15) is 5.26 Å². The molecule has 4 aromatic carbocycles. The number of hydrogen-bond acceptors (Lipinski definition) is 7. The minimum atomic E-state index is -0.591. The van der Waals surface area contributed by atoms with Crippen molar-refractivity contribution >= 4 is 40.9 Å². The molecule has 4 aromatic rings. The molecule has 0 spiro atoms. The minimum absolute atomic E-state index is 0.0138. The van der Waals surface area contributed by atoms with Gasteiger partial charge in [0.2, 0.25) is 0 Å². The monoisotopic (exact) mass is 561 g/mol. The van der Waals surface area contributed by atoms with Crippen LogP contribution in [0, 0.1) is 11.3 Å². The summed E-state index contributed by atoms with van der Waals surface area (Å²) in [6.07, 6.45) is 1.50. The van der Waals surface area contributed by atoms with Crippen molar-refractivity contribution in [1.29, 1.82) is 5.26 Å². The first-order chi connectivity index (χ1) is 19.9. The second-order valence-electron chi connectivity index (χ2n) is 8.86. The molecule has 1 saturated heterocycles. The van der Waals surface area contributed by atoms with Crippen LogP contribution in [0.2, 0.25) is 0 Å². The van der Waals surface area contributed by atoms with E-state index in [-0.39, 0.29) is 17.3 Å². The Morgan fingerprint density at radius 3 is 2.27 bits per heavy atom. The zero-order chi connectivity index (χ0) is 28.8. The van der Waals surface area contributed by atoms with Gasteiger partial charge in [0, 0.05) is 5.56 Å². The highest BCUT2D eigenvalue weighted by molar-refractivity contribution is 7.80. The predicted molar refractivity (Wildman–Crippen MR) is 158 cm³/mol. The average Bonchev–Trinajstić information content (AvgIpc) is 3.00. The highest BCUT2D eigenvalue weighted by Crippen LogP contribution is 2.28. The molecule has 1 fully saturated rings. The van der Waals surface area contributed by atoms with Gasteiger partial charge in [0.1, 0.15) is 35.2 Å². The van der Waals surface area contributed by atoms with Crippen LogP contribution >= 0.6 is 12.2 Å². The Bertz CT molecular complexity index is 1680. The third kappa shape index (κ3) is 6.24. The van der Waals surface area contributed by atoms with E-state index in [9.17, 15) is 9.59 Å². The van der Waals surface area contributed by atoms with Crippen molar-refractivity contribution in [2.45, 2.75) is 6.61 Å². The normalized spacial score (nSPS) is 13.9. The summed E-state index contributed by atoms with van der Waals surface area (Å²) in [5, 5.41) is 11.6. The number of ether oxygens (including phenoxy) is 3. The number of rotatable bonds is 8. The third-order valence-corrected chi connectivity index (χ3v) is 6.45. The Balaban J connectivity index is 1.36. The molecule has 8 nitrogen and oxygen atoms in total. The zero-order valence-corrected chi connectivity index (χ0v) is 22.7. The molecule has 0 saturated carbocycles. The van der Waals surface area contributed by atoms with Crippen LogP contribution in [-0.2, 0) is 16.2 Å². The lowest BCUT2D eigenvalue weighted by atomic mass is 10.0. The van der Waals surface area contributed by atoms with E-state index in [0.717, 1.165) is 0 Å². The quantitative estimate of drug-likeness (QED) is 0.166. The number of carbonyl (C=O) groups excluding carboxylic acids is 2. The van der Waals surface area contributed by atoms with Crippen molar-refractivity contribution in [3.05, 3.63) is 119 Å². The van der Waals surface area contributed by atoms with Gasteiger partial charge in [-0.1, -0.05) is 24.3 Å². The summed E-state index contributed by atoms with van der Waals surface area (Å²) in [6, 6.07) is 30.3. The molecule has 41 heavy (non-hydrogen) atoms. The first kappa shape index (κ1) is 27.1. The van der Waals surface area contributed by atoms with Crippen molar-refractivity contribution < 1.29 is 23.8 Å². The van der Waals surface area contributed by atoms with Crippen LogP contribution in [0.5, 0.6) is 23.0 Å². The van der Waals surface area contributed by atoms with Crippen molar-refractivity contribution in [2.75, 3.05) is 12.0 Å². The Morgan fingerprint density at radius 1 is 0.902 bits per heavy atom. The lowest BCUT2D eigenvalue weighted by molar-refractivity contribution is -0.122. The molecule has 0 atom stereocenters.